The number of amides is 1. The van der Waals surface area contributed by atoms with Crippen molar-refractivity contribution in [3.8, 4) is 11.5 Å². The van der Waals surface area contributed by atoms with Gasteiger partial charge < -0.3 is 14.8 Å². The predicted octanol–water partition coefficient (Wildman–Crippen LogP) is 4.11. The van der Waals surface area contributed by atoms with Gasteiger partial charge in [0.2, 0.25) is 0 Å². The Balaban J connectivity index is 1.95. The molecule has 0 aliphatic heterocycles. The van der Waals surface area contributed by atoms with E-state index in [1.54, 1.807) is 19.1 Å². The Morgan fingerprint density at radius 1 is 1.04 bits per heavy atom. The maximum atomic E-state index is 12.2. The lowest BCUT2D eigenvalue weighted by atomic mass is 10.1. The topological polar surface area (TPSA) is 47.6 Å². The Morgan fingerprint density at radius 3 is 2.30 bits per heavy atom. The number of rotatable bonds is 6. The molecule has 2 aromatic rings. The van der Waals surface area contributed by atoms with E-state index in [4.69, 9.17) is 9.47 Å². The third kappa shape index (κ3) is 4.74. The average Bonchev–Trinajstić information content (AvgIpc) is 2.53. The number of hydrogen-bond acceptors (Lipinski definition) is 3. The summed E-state index contributed by atoms with van der Waals surface area (Å²) in [6.07, 6.45) is -0.588. The molecule has 0 aliphatic rings. The fourth-order valence-electron chi connectivity index (χ4n) is 2.10. The van der Waals surface area contributed by atoms with Gasteiger partial charge >= 0.3 is 0 Å². The first kappa shape index (κ1) is 16.9. The summed E-state index contributed by atoms with van der Waals surface area (Å²) in [7, 11) is 0. The lowest BCUT2D eigenvalue weighted by Gasteiger charge is -2.15. The zero-order chi connectivity index (χ0) is 16.8. The molecule has 4 heteroatoms. The zero-order valence-electron chi connectivity index (χ0n) is 14.1. The number of benzene rings is 2. The highest BCUT2D eigenvalue weighted by atomic mass is 16.5. The Bertz CT molecular complexity index is 665. The average molecular weight is 313 g/mol. The highest BCUT2D eigenvalue weighted by molar-refractivity contribution is 5.94. The quantitative estimate of drug-likeness (QED) is 0.873. The number of nitrogens with one attached hydrogen (secondary N) is 1. The second-order valence-corrected chi connectivity index (χ2v) is 5.45. The Kier molecular flexibility index (Phi) is 5.63. The molecule has 122 valence electrons. The van der Waals surface area contributed by atoms with Gasteiger partial charge in [-0.25, -0.2) is 0 Å². The summed E-state index contributed by atoms with van der Waals surface area (Å²) >= 11 is 0. The van der Waals surface area contributed by atoms with Crippen LogP contribution in [0.4, 0.5) is 5.69 Å². The molecule has 0 spiro atoms. The van der Waals surface area contributed by atoms with Crippen LogP contribution in [0.25, 0.3) is 0 Å². The third-order valence-corrected chi connectivity index (χ3v) is 3.59. The minimum absolute atomic E-state index is 0.179. The molecule has 2 aromatic carbocycles. The van der Waals surface area contributed by atoms with Gasteiger partial charge in [0, 0.05) is 5.69 Å². The molecule has 0 aliphatic carbocycles. The number of hydrogen-bond donors (Lipinski definition) is 1. The van der Waals surface area contributed by atoms with Crippen LogP contribution in [-0.2, 0) is 4.79 Å². The van der Waals surface area contributed by atoms with Crippen LogP contribution < -0.4 is 14.8 Å². The summed E-state index contributed by atoms with van der Waals surface area (Å²) in [5.41, 5.74) is 3.12. The fraction of sp³-hybridized carbons (Fsp3) is 0.316. The highest BCUT2D eigenvalue weighted by Gasteiger charge is 2.15. The highest BCUT2D eigenvalue weighted by Crippen LogP contribution is 2.19. The van der Waals surface area contributed by atoms with Crippen molar-refractivity contribution in [1.29, 1.82) is 0 Å². The molecule has 1 unspecified atom stereocenters. The van der Waals surface area contributed by atoms with Gasteiger partial charge in [0.05, 0.1) is 6.61 Å². The van der Waals surface area contributed by atoms with Crippen LogP contribution in [0.3, 0.4) is 0 Å². The molecule has 0 fully saturated rings. The van der Waals surface area contributed by atoms with Crippen LogP contribution in [0.1, 0.15) is 25.0 Å². The van der Waals surface area contributed by atoms with Crippen molar-refractivity contribution in [2.75, 3.05) is 11.9 Å². The third-order valence-electron chi connectivity index (χ3n) is 3.59. The number of carbonyl (C=O) groups excluding carboxylic acids is 1. The number of ether oxygens (including phenoxy) is 2. The molecule has 0 saturated carbocycles. The SMILES string of the molecule is CCOc1ccc(OC(C)C(=O)Nc2ccc(C)c(C)c2)cc1. The predicted molar refractivity (Wildman–Crippen MR) is 92.2 cm³/mol. The van der Waals surface area contributed by atoms with Crippen LogP contribution in [0.5, 0.6) is 11.5 Å². The fourth-order valence-corrected chi connectivity index (χ4v) is 2.10. The minimum atomic E-state index is -0.588. The Labute approximate surface area is 137 Å². The molecule has 0 bridgehead atoms. The van der Waals surface area contributed by atoms with Gasteiger partial charge in [0.1, 0.15) is 11.5 Å². The van der Waals surface area contributed by atoms with Crippen molar-refractivity contribution < 1.29 is 14.3 Å². The second-order valence-electron chi connectivity index (χ2n) is 5.45. The van der Waals surface area contributed by atoms with E-state index in [0.29, 0.717) is 12.4 Å². The van der Waals surface area contributed by atoms with Gasteiger partial charge in [0.25, 0.3) is 5.91 Å². The van der Waals surface area contributed by atoms with Crippen LogP contribution >= 0.6 is 0 Å². The number of carbonyl (C=O) groups is 1. The van der Waals surface area contributed by atoms with E-state index in [-0.39, 0.29) is 5.91 Å². The van der Waals surface area contributed by atoms with Crippen molar-refractivity contribution >= 4 is 11.6 Å². The van der Waals surface area contributed by atoms with Crippen molar-refractivity contribution in [3.05, 3.63) is 53.6 Å². The molecule has 1 atom stereocenters. The largest absolute Gasteiger partial charge is 0.494 e. The summed E-state index contributed by atoms with van der Waals surface area (Å²) in [5, 5.41) is 2.87. The van der Waals surface area contributed by atoms with Crippen LogP contribution in [0.2, 0.25) is 0 Å². The molecular formula is C19H23NO3. The van der Waals surface area contributed by atoms with Crippen molar-refractivity contribution in [2.45, 2.75) is 33.8 Å². The van der Waals surface area contributed by atoms with E-state index in [1.165, 1.54) is 5.56 Å². The molecule has 0 heterocycles. The van der Waals surface area contributed by atoms with Crippen LogP contribution in [-0.4, -0.2) is 18.6 Å². The van der Waals surface area contributed by atoms with E-state index < -0.39 is 6.10 Å². The summed E-state index contributed by atoms with van der Waals surface area (Å²) in [6.45, 7) is 8.34. The first-order chi connectivity index (χ1) is 11.0. The molecule has 0 radical (unpaired) electrons. The molecule has 0 aromatic heterocycles. The van der Waals surface area contributed by atoms with E-state index in [2.05, 4.69) is 5.32 Å². The van der Waals surface area contributed by atoms with Crippen LogP contribution in [0.15, 0.2) is 42.5 Å². The normalized spacial score (nSPS) is 11.7. The van der Waals surface area contributed by atoms with E-state index in [9.17, 15) is 4.79 Å². The van der Waals surface area contributed by atoms with Crippen LogP contribution in [0, 0.1) is 13.8 Å². The van der Waals surface area contributed by atoms with Crippen molar-refractivity contribution in [1.82, 2.24) is 0 Å². The van der Waals surface area contributed by atoms with Crippen molar-refractivity contribution in [2.24, 2.45) is 0 Å². The van der Waals surface area contributed by atoms with Gasteiger partial charge in [0.15, 0.2) is 6.10 Å². The number of anilines is 1. The van der Waals surface area contributed by atoms with Gasteiger partial charge in [-0.05, 0) is 75.2 Å². The van der Waals surface area contributed by atoms with E-state index in [1.807, 2.05) is 51.1 Å². The first-order valence-electron chi connectivity index (χ1n) is 7.77. The molecule has 23 heavy (non-hydrogen) atoms. The first-order valence-corrected chi connectivity index (χ1v) is 7.77. The van der Waals surface area contributed by atoms with Gasteiger partial charge in [-0.1, -0.05) is 6.07 Å². The Hall–Kier alpha value is -2.49. The van der Waals surface area contributed by atoms with Gasteiger partial charge in [-0.3, -0.25) is 4.79 Å². The molecule has 0 saturated heterocycles. The maximum absolute atomic E-state index is 12.2. The summed E-state index contributed by atoms with van der Waals surface area (Å²) in [4.78, 5) is 12.2. The standard InChI is InChI=1S/C19H23NO3/c1-5-22-17-8-10-18(11-9-17)23-15(4)19(21)20-16-7-6-13(2)14(3)12-16/h6-12,15H,5H2,1-4H3,(H,20,21). The van der Waals surface area contributed by atoms with Crippen molar-refractivity contribution in [3.63, 3.8) is 0 Å². The summed E-state index contributed by atoms with van der Waals surface area (Å²) < 4.78 is 11.0. The molecular weight excluding hydrogens is 290 g/mol. The Morgan fingerprint density at radius 2 is 1.70 bits per heavy atom. The lowest BCUT2D eigenvalue weighted by molar-refractivity contribution is -0.122. The monoisotopic (exact) mass is 313 g/mol. The molecule has 4 nitrogen and oxygen atoms in total. The second kappa shape index (κ2) is 7.68. The molecule has 1 N–H and O–H groups in total. The van der Waals surface area contributed by atoms with Gasteiger partial charge in [-0.2, -0.15) is 0 Å². The summed E-state index contributed by atoms with van der Waals surface area (Å²) in [5.74, 6) is 1.24. The lowest BCUT2D eigenvalue weighted by Crippen LogP contribution is -2.30. The summed E-state index contributed by atoms with van der Waals surface area (Å²) in [6, 6.07) is 13.1. The molecule has 2 rings (SSSR count). The number of aryl methyl sites for hydroxylation is 2. The van der Waals surface area contributed by atoms with E-state index in [0.717, 1.165) is 17.0 Å². The van der Waals surface area contributed by atoms with Gasteiger partial charge in [-0.15, -0.1) is 0 Å². The maximum Gasteiger partial charge on any atom is 0.265 e. The smallest absolute Gasteiger partial charge is 0.265 e. The minimum Gasteiger partial charge on any atom is -0.494 e. The zero-order valence-corrected chi connectivity index (χ0v) is 14.1. The van der Waals surface area contributed by atoms with E-state index >= 15 is 0 Å². The molecule has 1 amide bonds.